The van der Waals surface area contributed by atoms with Crippen molar-refractivity contribution in [1.29, 1.82) is 0 Å². The number of amides is 1. The number of pyridine rings is 1. The van der Waals surface area contributed by atoms with Crippen molar-refractivity contribution in [2.45, 2.75) is 13.0 Å². The average Bonchev–Trinajstić information content (AvgIpc) is 2.64. The summed E-state index contributed by atoms with van der Waals surface area (Å²) in [5, 5.41) is 2.47. The highest BCUT2D eigenvalue weighted by atomic mass is 16.5. The van der Waals surface area contributed by atoms with Crippen LogP contribution in [0.3, 0.4) is 0 Å². The standard InChI is InChI=1S/C20H18N2O3/c23-19-18(22-20(24)25-14-16-9-5-2-6-10-16)12-11-17(21-19)13-15-7-3-1-4-8-15/h1-12H,13-14H2,(H,21,23)(H,22,24). The zero-order chi connectivity index (χ0) is 17.5. The maximum atomic E-state index is 12.1. The quantitative estimate of drug-likeness (QED) is 0.747. The van der Waals surface area contributed by atoms with Crippen molar-refractivity contribution < 1.29 is 9.53 Å². The second-order valence-electron chi connectivity index (χ2n) is 5.58. The van der Waals surface area contributed by atoms with Gasteiger partial charge in [-0.15, -0.1) is 0 Å². The van der Waals surface area contributed by atoms with E-state index in [4.69, 9.17) is 4.74 Å². The zero-order valence-electron chi connectivity index (χ0n) is 13.6. The highest BCUT2D eigenvalue weighted by Crippen LogP contribution is 2.08. The number of hydrogen-bond acceptors (Lipinski definition) is 3. The Kier molecular flexibility index (Phi) is 5.26. The predicted molar refractivity (Wildman–Crippen MR) is 96.6 cm³/mol. The van der Waals surface area contributed by atoms with E-state index in [-0.39, 0.29) is 17.9 Å². The van der Waals surface area contributed by atoms with Gasteiger partial charge >= 0.3 is 6.09 Å². The second kappa shape index (κ2) is 7.97. The molecule has 0 radical (unpaired) electrons. The maximum absolute atomic E-state index is 12.1. The van der Waals surface area contributed by atoms with Gasteiger partial charge in [0, 0.05) is 12.1 Å². The van der Waals surface area contributed by atoms with E-state index in [9.17, 15) is 9.59 Å². The maximum Gasteiger partial charge on any atom is 0.412 e. The van der Waals surface area contributed by atoms with Crippen LogP contribution < -0.4 is 10.9 Å². The summed E-state index contributed by atoms with van der Waals surface area (Å²) in [7, 11) is 0. The Labute approximate surface area is 145 Å². The van der Waals surface area contributed by atoms with Crippen LogP contribution >= 0.6 is 0 Å². The summed E-state index contributed by atoms with van der Waals surface area (Å²) in [6.45, 7) is 0.149. The largest absolute Gasteiger partial charge is 0.444 e. The molecule has 1 aromatic heterocycles. The van der Waals surface area contributed by atoms with Gasteiger partial charge in [0.1, 0.15) is 12.3 Å². The molecule has 0 aliphatic heterocycles. The smallest absolute Gasteiger partial charge is 0.412 e. The highest BCUT2D eigenvalue weighted by Gasteiger charge is 2.08. The van der Waals surface area contributed by atoms with E-state index < -0.39 is 6.09 Å². The van der Waals surface area contributed by atoms with Crippen molar-refractivity contribution in [3.8, 4) is 0 Å². The fraction of sp³-hybridized carbons (Fsp3) is 0.100. The molecule has 0 saturated carbocycles. The Balaban J connectivity index is 1.59. The number of anilines is 1. The van der Waals surface area contributed by atoms with Gasteiger partial charge in [0.15, 0.2) is 0 Å². The van der Waals surface area contributed by atoms with Crippen LogP contribution in [0.1, 0.15) is 16.8 Å². The van der Waals surface area contributed by atoms with Crippen LogP contribution in [0.15, 0.2) is 77.6 Å². The van der Waals surface area contributed by atoms with Crippen LogP contribution in [0.2, 0.25) is 0 Å². The molecular formula is C20H18N2O3. The van der Waals surface area contributed by atoms with Gasteiger partial charge in [-0.2, -0.15) is 0 Å². The minimum Gasteiger partial charge on any atom is -0.444 e. The number of hydrogen-bond donors (Lipinski definition) is 2. The van der Waals surface area contributed by atoms with E-state index in [1.807, 2.05) is 60.7 Å². The van der Waals surface area contributed by atoms with Crippen LogP contribution in [-0.4, -0.2) is 11.1 Å². The lowest BCUT2D eigenvalue weighted by molar-refractivity contribution is 0.155. The lowest BCUT2D eigenvalue weighted by Gasteiger charge is -2.08. The van der Waals surface area contributed by atoms with Crippen molar-refractivity contribution >= 4 is 11.8 Å². The predicted octanol–water partition coefficient (Wildman–Crippen LogP) is 3.71. The molecule has 5 nitrogen and oxygen atoms in total. The molecule has 0 spiro atoms. The number of ether oxygens (including phenoxy) is 1. The van der Waals surface area contributed by atoms with Gasteiger partial charge in [-0.3, -0.25) is 10.1 Å². The zero-order valence-corrected chi connectivity index (χ0v) is 13.6. The molecule has 1 amide bonds. The van der Waals surface area contributed by atoms with E-state index in [2.05, 4.69) is 10.3 Å². The molecule has 0 fully saturated rings. The number of carbonyl (C=O) groups excluding carboxylic acids is 1. The summed E-state index contributed by atoms with van der Waals surface area (Å²) in [4.78, 5) is 26.7. The summed E-state index contributed by atoms with van der Waals surface area (Å²) in [5.41, 5.74) is 2.56. The Morgan fingerprint density at radius 2 is 1.52 bits per heavy atom. The third kappa shape index (κ3) is 4.81. The first-order chi connectivity index (χ1) is 12.2. The number of nitrogens with one attached hydrogen (secondary N) is 2. The van der Waals surface area contributed by atoms with Gasteiger partial charge in [-0.25, -0.2) is 4.79 Å². The topological polar surface area (TPSA) is 71.2 Å². The van der Waals surface area contributed by atoms with Crippen molar-refractivity contribution in [2.24, 2.45) is 0 Å². The average molecular weight is 334 g/mol. The number of benzene rings is 2. The summed E-state index contributed by atoms with van der Waals surface area (Å²) in [6.07, 6.45) is -0.0420. The minimum atomic E-state index is -0.662. The van der Waals surface area contributed by atoms with Crippen molar-refractivity contribution in [3.63, 3.8) is 0 Å². The lowest BCUT2D eigenvalue weighted by atomic mass is 10.1. The molecule has 0 unspecified atom stereocenters. The third-order valence-electron chi connectivity index (χ3n) is 3.66. The molecule has 5 heteroatoms. The first-order valence-electron chi connectivity index (χ1n) is 7.94. The summed E-state index contributed by atoms with van der Waals surface area (Å²) in [5.74, 6) is 0. The van der Waals surface area contributed by atoms with Crippen LogP contribution in [0.25, 0.3) is 0 Å². The van der Waals surface area contributed by atoms with Gasteiger partial charge in [-0.05, 0) is 23.3 Å². The summed E-state index contributed by atoms with van der Waals surface area (Å²) in [6, 6.07) is 22.5. The van der Waals surface area contributed by atoms with Gasteiger partial charge < -0.3 is 9.72 Å². The van der Waals surface area contributed by atoms with Crippen molar-refractivity contribution in [2.75, 3.05) is 5.32 Å². The van der Waals surface area contributed by atoms with Crippen molar-refractivity contribution in [3.05, 3.63) is 100.0 Å². The van der Waals surface area contributed by atoms with Crippen LogP contribution in [0.4, 0.5) is 10.5 Å². The third-order valence-corrected chi connectivity index (χ3v) is 3.66. The molecule has 3 aromatic rings. The first-order valence-corrected chi connectivity index (χ1v) is 7.94. The molecule has 2 N–H and O–H groups in total. The molecule has 25 heavy (non-hydrogen) atoms. The Morgan fingerprint density at radius 3 is 2.16 bits per heavy atom. The van der Waals surface area contributed by atoms with Gasteiger partial charge in [0.2, 0.25) is 0 Å². The van der Waals surface area contributed by atoms with Crippen LogP contribution in [-0.2, 0) is 17.8 Å². The van der Waals surface area contributed by atoms with E-state index in [0.717, 1.165) is 16.8 Å². The van der Waals surface area contributed by atoms with Gasteiger partial charge in [0.25, 0.3) is 5.56 Å². The Bertz CT molecular complexity index is 890. The highest BCUT2D eigenvalue weighted by molar-refractivity contribution is 5.84. The lowest BCUT2D eigenvalue weighted by Crippen LogP contribution is -2.21. The number of H-pyrrole nitrogens is 1. The molecule has 0 aliphatic rings. The number of aromatic nitrogens is 1. The monoisotopic (exact) mass is 334 g/mol. The van der Waals surface area contributed by atoms with Crippen LogP contribution in [0.5, 0.6) is 0 Å². The fourth-order valence-corrected chi connectivity index (χ4v) is 2.40. The minimum absolute atomic E-state index is 0.149. The van der Waals surface area contributed by atoms with E-state index in [0.29, 0.717) is 6.42 Å². The molecule has 1 heterocycles. The molecule has 0 saturated heterocycles. The van der Waals surface area contributed by atoms with E-state index >= 15 is 0 Å². The normalized spacial score (nSPS) is 10.2. The van der Waals surface area contributed by atoms with Gasteiger partial charge in [0.05, 0.1) is 0 Å². The summed E-state index contributed by atoms with van der Waals surface area (Å²) >= 11 is 0. The van der Waals surface area contributed by atoms with E-state index in [1.54, 1.807) is 12.1 Å². The van der Waals surface area contributed by atoms with Crippen molar-refractivity contribution in [1.82, 2.24) is 4.98 Å². The molecule has 0 aliphatic carbocycles. The second-order valence-corrected chi connectivity index (χ2v) is 5.58. The molecule has 126 valence electrons. The van der Waals surface area contributed by atoms with Gasteiger partial charge in [-0.1, -0.05) is 60.7 Å². The fourth-order valence-electron chi connectivity index (χ4n) is 2.40. The SMILES string of the molecule is O=C(Nc1ccc(Cc2ccccc2)[nH]c1=O)OCc1ccccc1. The Hall–Kier alpha value is -3.34. The number of rotatable bonds is 5. The molecule has 0 bridgehead atoms. The molecule has 3 rings (SSSR count). The number of aromatic amines is 1. The van der Waals surface area contributed by atoms with Crippen LogP contribution in [0, 0.1) is 0 Å². The molecular weight excluding hydrogens is 316 g/mol. The first kappa shape index (κ1) is 16.5. The molecule has 0 atom stereocenters. The number of carbonyl (C=O) groups is 1. The Morgan fingerprint density at radius 1 is 0.880 bits per heavy atom. The molecule has 2 aromatic carbocycles. The summed E-state index contributed by atoms with van der Waals surface area (Å²) < 4.78 is 5.11. The van der Waals surface area contributed by atoms with E-state index in [1.165, 1.54) is 0 Å².